The van der Waals surface area contributed by atoms with Crippen LogP contribution in [0.15, 0.2) is 22.8 Å². The number of rotatable bonds is 1. The summed E-state index contributed by atoms with van der Waals surface area (Å²) in [5, 5.41) is 0.789. The minimum Gasteiger partial charge on any atom is -0.494 e. The van der Waals surface area contributed by atoms with Crippen LogP contribution in [0.1, 0.15) is 0 Å². The molecule has 1 aromatic heterocycles. The van der Waals surface area contributed by atoms with E-state index in [4.69, 9.17) is 4.74 Å². The molecule has 0 aliphatic carbocycles. The molecule has 4 heteroatoms. The van der Waals surface area contributed by atoms with Crippen molar-refractivity contribution in [3.05, 3.63) is 28.6 Å². The summed E-state index contributed by atoms with van der Waals surface area (Å²) in [7, 11) is 1.52. The van der Waals surface area contributed by atoms with Crippen molar-refractivity contribution in [2.24, 2.45) is 0 Å². The van der Waals surface area contributed by atoms with Crippen LogP contribution in [0.4, 0.5) is 4.39 Å². The number of ether oxygens (including phenoxy) is 1. The summed E-state index contributed by atoms with van der Waals surface area (Å²) < 4.78 is 18.9. The summed E-state index contributed by atoms with van der Waals surface area (Å²) in [6.07, 6.45) is 1.76. The third kappa shape index (κ3) is 1.31. The highest BCUT2D eigenvalue weighted by Crippen LogP contribution is 2.31. The van der Waals surface area contributed by atoms with E-state index in [-0.39, 0.29) is 5.82 Å². The lowest BCUT2D eigenvalue weighted by molar-refractivity contribution is 0.416. The van der Waals surface area contributed by atoms with Crippen molar-refractivity contribution in [1.82, 2.24) is 4.98 Å². The van der Waals surface area contributed by atoms with Crippen LogP contribution in [0.25, 0.3) is 10.9 Å². The van der Waals surface area contributed by atoms with Crippen LogP contribution in [0, 0.1) is 5.82 Å². The Morgan fingerprint density at radius 1 is 1.46 bits per heavy atom. The standard InChI is InChI=1S/C9H7BrFNO/c1-13-8-3-5(11)2-6-7(10)4-12-9(6)8/h2-4,12H,1H3. The molecular weight excluding hydrogens is 237 g/mol. The first-order valence-corrected chi connectivity index (χ1v) is 4.52. The molecule has 1 aromatic carbocycles. The van der Waals surface area contributed by atoms with Crippen molar-refractivity contribution >= 4 is 26.8 Å². The fraction of sp³-hybridized carbons (Fsp3) is 0.111. The van der Waals surface area contributed by atoms with E-state index in [9.17, 15) is 4.39 Å². The van der Waals surface area contributed by atoms with Crippen molar-refractivity contribution in [3.63, 3.8) is 0 Å². The molecule has 0 saturated carbocycles. The monoisotopic (exact) mass is 243 g/mol. The van der Waals surface area contributed by atoms with Gasteiger partial charge in [0, 0.05) is 22.1 Å². The van der Waals surface area contributed by atoms with Crippen molar-refractivity contribution in [1.29, 1.82) is 0 Å². The van der Waals surface area contributed by atoms with Crippen molar-refractivity contribution in [2.45, 2.75) is 0 Å². The summed E-state index contributed by atoms with van der Waals surface area (Å²) in [5.74, 6) is 0.213. The van der Waals surface area contributed by atoms with Gasteiger partial charge in [0.2, 0.25) is 0 Å². The maximum absolute atomic E-state index is 13.0. The topological polar surface area (TPSA) is 25.0 Å². The molecular formula is C9H7BrFNO. The Labute approximate surface area is 82.8 Å². The van der Waals surface area contributed by atoms with E-state index < -0.39 is 0 Å². The number of hydrogen-bond donors (Lipinski definition) is 1. The first-order valence-electron chi connectivity index (χ1n) is 3.72. The quantitative estimate of drug-likeness (QED) is 0.819. The third-order valence-electron chi connectivity index (χ3n) is 1.89. The molecule has 1 heterocycles. The van der Waals surface area contributed by atoms with Crippen LogP contribution in [0.5, 0.6) is 5.75 Å². The number of nitrogens with one attached hydrogen (secondary N) is 1. The fourth-order valence-corrected chi connectivity index (χ4v) is 1.72. The predicted molar refractivity (Wildman–Crippen MR) is 52.5 cm³/mol. The van der Waals surface area contributed by atoms with Gasteiger partial charge in [-0.15, -0.1) is 0 Å². The second-order valence-electron chi connectivity index (χ2n) is 2.67. The lowest BCUT2D eigenvalue weighted by Crippen LogP contribution is -1.85. The molecule has 0 atom stereocenters. The molecule has 0 unspecified atom stereocenters. The van der Waals surface area contributed by atoms with E-state index in [0.29, 0.717) is 5.75 Å². The molecule has 2 nitrogen and oxygen atoms in total. The molecule has 0 saturated heterocycles. The summed E-state index contributed by atoms with van der Waals surface area (Å²) >= 11 is 3.31. The zero-order valence-electron chi connectivity index (χ0n) is 6.90. The summed E-state index contributed by atoms with van der Waals surface area (Å²) in [4.78, 5) is 3.00. The molecule has 0 aliphatic rings. The minimum atomic E-state index is -0.301. The van der Waals surface area contributed by atoms with Gasteiger partial charge in [0.05, 0.1) is 12.6 Å². The number of aromatic nitrogens is 1. The van der Waals surface area contributed by atoms with Gasteiger partial charge < -0.3 is 9.72 Å². The van der Waals surface area contributed by atoms with Gasteiger partial charge >= 0.3 is 0 Å². The number of hydrogen-bond acceptors (Lipinski definition) is 1. The fourth-order valence-electron chi connectivity index (χ4n) is 1.29. The van der Waals surface area contributed by atoms with Gasteiger partial charge in [-0.05, 0) is 22.0 Å². The highest BCUT2D eigenvalue weighted by atomic mass is 79.9. The molecule has 68 valence electrons. The van der Waals surface area contributed by atoms with Crippen LogP contribution in [-0.4, -0.2) is 12.1 Å². The number of fused-ring (bicyclic) bond motifs is 1. The van der Waals surface area contributed by atoms with Gasteiger partial charge in [0.25, 0.3) is 0 Å². The largest absolute Gasteiger partial charge is 0.494 e. The Bertz CT molecular complexity index is 452. The van der Waals surface area contributed by atoms with E-state index in [1.54, 1.807) is 6.20 Å². The number of methoxy groups -OCH3 is 1. The Morgan fingerprint density at radius 2 is 2.23 bits per heavy atom. The Morgan fingerprint density at radius 3 is 2.92 bits per heavy atom. The Kier molecular flexibility index (Phi) is 2.00. The van der Waals surface area contributed by atoms with Gasteiger partial charge in [0.15, 0.2) is 0 Å². The van der Waals surface area contributed by atoms with E-state index in [1.807, 2.05) is 0 Å². The number of halogens is 2. The predicted octanol–water partition coefficient (Wildman–Crippen LogP) is 3.08. The van der Waals surface area contributed by atoms with Crippen LogP contribution in [-0.2, 0) is 0 Å². The summed E-state index contributed by atoms with van der Waals surface area (Å²) in [6, 6.07) is 2.81. The van der Waals surface area contributed by atoms with E-state index in [1.165, 1.54) is 19.2 Å². The number of aromatic amines is 1. The van der Waals surface area contributed by atoms with E-state index in [0.717, 1.165) is 15.4 Å². The summed E-state index contributed by atoms with van der Waals surface area (Å²) in [5.41, 5.74) is 0.802. The maximum atomic E-state index is 13.0. The molecule has 1 N–H and O–H groups in total. The second kappa shape index (κ2) is 3.03. The first kappa shape index (κ1) is 8.56. The molecule has 0 bridgehead atoms. The Balaban J connectivity index is 2.84. The molecule has 0 spiro atoms. The zero-order chi connectivity index (χ0) is 9.42. The van der Waals surface area contributed by atoms with Gasteiger partial charge in [-0.3, -0.25) is 0 Å². The average Bonchev–Trinajstić information content (AvgIpc) is 2.47. The SMILES string of the molecule is COc1cc(F)cc2c(Br)c[nH]c12. The van der Waals surface area contributed by atoms with Crippen LogP contribution < -0.4 is 4.74 Å². The van der Waals surface area contributed by atoms with Gasteiger partial charge in [-0.1, -0.05) is 0 Å². The molecule has 0 radical (unpaired) electrons. The van der Waals surface area contributed by atoms with Crippen LogP contribution in [0.2, 0.25) is 0 Å². The smallest absolute Gasteiger partial charge is 0.145 e. The number of benzene rings is 1. The van der Waals surface area contributed by atoms with Gasteiger partial charge in [0.1, 0.15) is 11.6 Å². The molecule has 0 amide bonds. The van der Waals surface area contributed by atoms with Crippen molar-refractivity contribution in [3.8, 4) is 5.75 Å². The lowest BCUT2D eigenvalue weighted by Gasteiger charge is -2.01. The van der Waals surface area contributed by atoms with E-state index >= 15 is 0 Å². The van der Waals surface area contributed by atoms with E-state index in [2.05, 4.69) is 20.9 Å². The molecule has 13 heavy (non-hydrogen) atoms. The highest BCUT2D eigenvalue weighted by molar-refractivity contribution is 9.10. The lowest BCUT2D eigenvalue weighted by atomic mass is 10.2. The molecule has 0 fully saturated rings. The van der Waals surface area contributed by atoms with Gasteiger partial charge in [-0.25, -0.2) is 4.39 Å². The third-order valence-corrected chi connectivity index (χ3v) is 2.54. The first-order chi connectivity index (χ1) is 6.22. The van der Waals surface area contributed by atoms with Crippen molar-refractivity contribution < 1.29 is 9.13 Å². The van der Waals surface area contributed by atoms with Crippen LogP contribution in [0.3, 0.4) is 0 Å². The molecule has 0 aliphatic heterocycles. The van der Waals surface area contributed by atoms with Crippen LogP contribution >= 0.6 is 15.9 Å². The number of H-pyrrole nitrogens is 1. The second-order valence-corrected chi connectivity index (χ2v) is 3.52. The summed E-state index contributed by atoms with van der Waals surface area (Å²) in [6.45, 7) is 0. The minimum absolute atomic E-state index is 0.301. The van der Waals surface area contributed by atoms with Crippen molar-refractivity contribution in [2.75, 3.05) is 7.11 Å². The zero-order valence-corrected chi connectivity index (χ0v) is 8.48. The van der Waals surface area contributed by atoms with Gasteiger partial charge in [-0.2, -0.15) is 0 Å². The molecule has 2 rings (SSSR count). The average molecular weight is 244 g/mol. The Hall–Kier alpha value is -1.03. The molecule has 2 aromatic rings. The maximum Gasteiger partial charge on any atom is 0.145 e. The normalized spacial score (nSPS) is 10.7. The highest BCUT2D eigenvalue weighted by Gasteiger charge is 2.08.